The summed E-state index contributed by atoms with van der Waals surface area (Å²) in [5.74, 6) is -1.77. The van der Waals surface area contributed by atoms with Crippen molar-refractivity contribution in [1.29, 1.82) is 0 Å². The van der Waals surface area contributed by atoms with E-state index in [0.29, 0.717) is 6.42 Å². The van der Waals surface area contributed by atoms with E-state index < -0.39 is 54.8 Å². The Balaban J connectivity index is 2.10. The van der Waals surface area contributed by atoms with Crippen molar-refractivity contribution in [3.63, 3.8) is 0 Å². The van der Waals surface area contributed by atoms with E-state index >= 15 is 0 Å². The minimum absolute atomic E-state index is 0.102. The maximum Gasteiger partial charge on any atom is 0.328 e. The van der Waals surface area contributed by atoms with Crippen LogP contribution in [0.25, 0.3) is 0 Å². The highest BCUT2D eigenvalue weighted by molar-refractivity contribution is 5.99. The lowest BCUT2D eigenvalue weighted by Gasteiger charge is -2.40. The number of alkyl halides is 1. The van der Waals surface area contributed by atoms with Gasteiger partial charge < -0.3 is 24.4 Å². The van der Waals surface area contributed by atoms with Crippen molar-refractivity contribution in [2.75, 3.05) is 13.2 Å². The molecule has 3 N–H and O–H groups in total. The van der Waals surface area contributed by atoms with Gasteiger partial charge in [-0.3, -0.25) is 19.8 Å². The number of unbranched alkanes of at least 4 members (excludes halogenated alkanes) is 3. The summed E-state index contributed by atoms with van der Waals surface area (Å²) < 4.78 is 30.1. The van der Waals surface area contributed by atoms with Crippen LogP contribution in [-0.2, 0) is 23.8 Å². The molecule has 2 unspecified atom stereocenters. The first kappa shape index (κ1) is 22.5. The predicted octanol–water partition coefficient (Wildman–Crippen LogP) is -0.191. The van der Waals surface area contributed by atoms with Crippen molar-refractivity contribution in [1.82, 2.24) is 10.2 Å². The number of esters is 1. The van der Waals surface area contributed by atoms with Crippen molar-refractivity contribution in [2.45, 2.75) is 76.5 Å². The second-order valence-electron chi connectivity index (χ2n) is 6.77. The highest BCUT2D eigenvalue weighted by Gasteiger charge is 2.54. The van der Waals surface area contributed by atoms with Gasteiger partial charge in [0, 0.05) is 13.5 Å². The lowest BCUT2D eigenvalue weighted by molar-refractivity contribution is -0.183. The number of urea groups is 1. The topological polar surface area (TPSA) is 135 Å². The minimum atomic E-state index is -2.19. The van der Waals surface area contributed by atoms with Gasteiger partial charge in [-0.15, -0.1) is 0 Å². The van der Waals surface area contributed by atoms with Crippen LogP contribution in [0.1, 0.15) is 39.5 Å². The third-order valence-corrected chi connectivity index (χ3v) is 4.59. The van der Waals surface area contributed by atoms with Gasteiger partial charge in [0.25, 0.3) is 5.91 Å². The fraction of sp³-hybridized carbons (Fsp3) is 0.824. The van der Waals surface area contributed by atoms with Crippen LogP contribution >= 0.6 is 0 Å². The predicted molar refractivity (Wildman–Crippen MR) is 91.5 cm³/mol. The summed E-state index contributed by atoms with van der Waals surface area (Å²) in [6, 6.07) is -1.01. The molecule has 0 spiro atoms. The molecule has 10 nitrogen and oxygen atoms in total. The number of carbonyl (C=O) groups excluding carboxylic acids is 3. The second-order valence-corrected chi connectivity index (χ2v) is 6.77. The van der Waals surface area contributed by atoms with Gasteiger partial charge in [-0.2, -0.15) is 0 Å². The van der Waals surface area contributed by atoms with Gasteiger partial charge in [0.05, 0.1) is 0 Å². The monoisotopic (exact) mass is 406 g/mol. The Labute approximate surface area is 161 Å². The molecule has 0 radical (unpaired) electrons. The number of nitrogens with one attached hydrogen (secondary N) is 1. The molecular formula is C17H27FN2O8. The molecule has 0 bridgehead atoms. The Morgan fingerprint density at radius 1 is 1.25 bits per heavy atom. The SMILES string of the molecule is CCCCCCOC1C(F)C(=O)NC(=O)N1[C@@H]1O[C@H](COC(C)=O)[C@@H](O)[C@H]1O. The normalized spacial score (nSPS) is 33.1. The maximum atomic E-state index is 14.5. The molecule has 11 heteroatoms. The van der Waals surface area contributed by atoms with Crippen molar-refractivity contribution in [3.05, 3.63) is 0 Å². The number of aliphatic hydroxyl groups is 2. The molecule has 0 saturated carbocycles. The van der Waals surface area contributed by atoms with Crippen LogP contribution in [0.2, 0.25) is 0 Å². The number of halogens is 1. The standard InChI is InChI=1S/C17H27FN2O8/c1-3-4-5-6-7-26-15-11(18)14(24)19-17(25)20(15)16-13(23)12(22)10(28-16)8-27-9(2)21/h10-13,15-16,22-23H,3-8H2,1-2H3,(H,19,24,25)/t10-,11?,12-,13-,15?,16-/m1/s1. The Bertz CT molecular complexity index is 577. The zero-order valence-electron chi connectivity index (χ0n) is 15.9. The third-order valence-electron chi connectivity index (χ3n) is 4.59. The van der Waals surface area contributed by atoms with Crippen molar-refractivity contribution in [2.24, 2.45) is 0 Å². The highest BCUT2D eigenvalue weighted by Crippen LogP contribution is 2.29. The molecule has 0 aromatic rings. The third kappa shape index (κ3) is 5.16. The average Bonchev–Trinajstić information content (AvgIpc) is 2.92. The van der Waals surface area contributed by atoms with E-state index in [1.54, 1.807) is 0 Å². The molecule has 2 saturated heterocycles. The van der Waals surface area contributed by atoms with Crippen LogP contribution < -0.4 is 5.32 Å². The fourth-order valence-electron chi connectivity index (χ4n) is 3.08. The summed E-state index contributed by atoms with van der Waals surface area (Å²) in [4.78, 5) is 35.6. The molecule has 0 aliphatic carbocycles. The smallest absolute Gasteiger partial charge is 0.328 e. The highest BCUT2D eigenvalue weighted by atomic mass is 19.1. The van der Waals surface area contributed by atoms with Crippen LogP contribution in [0.3, 0.4) is 0 Å². The summed E-state index contributed by atoms with van der Waals surface area (Å²) in [6.45, 7) is 2.93. The van der Waals surface area contributed by atoms with Gasteiger partial charge in [0.1, 0.15) is 24.9 Å². The Kier molecular flexibility index (Phi) is 8.10. The van der Waals surface area contributed by atoms with Gasteiger partial charge >= 0.3 is 12.0 Å². The van der Waals surface area contributed by atoms with E-state index in [2.05, 4.69) is 0 Å². The van der Waals surface area contributed by atoms with Crippen LogP contribution in [0.5, 0.6) is 0 Å². The molecule has 2 aliphatic heterocycles. The number of rotatable bonds is 9. The lowest BCUT2D eigenvalue weighted by Crippen LogP contribution is -2.66. The first-order valence-electron chi connectivity index (χ1n) is 9.31. The Morgan fingerprint density at radius 3 is 2.61 bits per heavy atom. The molecule has 28 heavy (non-hydrogen) atoms. The maximum absolute atomic E-state index is 14.5. The van der Waals surface area contributed by atoms with E-state index in [4.69, 9.17) is 14.2 Å². The second kappa shape index (κ2) is 10.1. The summed E-state index contributed by atoms with van der Waals surface area (Å²) in [5.41, 5.74) is 0. The van der Waals surface area contributed by atoms with E-state index in [0.717, 1.165) is 31.1 Å². The summed E-state index contributed by atoms with van der Waals surface area (Å²) in [7, 11) is 0. The van der Waals surface area contributed by atoms with Gasteiger partial charge in [0.2, 0.25) is 6.17 Å². The molecule has 0 aromatic heterocycles. The number of nitrogens with zero attached hydrogens (tertiary/aromatic N) is 1. The Hall–Kier alpha value is -1.82. The zero-order valence-corrected chi connectivity index (χ0v) is 15.9. The lowest BCUT2D eigenvalue weighted by atomic mass is 10.1. The summed E-state index contributed by atoms with van der Waals surface area (Å²) in [6.07, 6.45) is -6.11. The molecule has 6 atom stereocenters. The van der Waals surface area contributed by atoms with E-state index in [9.17, 15) is 29.0 Å². The summed E-state index contributed by atoms with van der Waals surface area (Å²) >= 11 is 0. The molecule has 3 amide bonds. The van der Waals surface area contributed by atoms with Crippen LogP contribution in [0, 0.1) is 0 Å². The van der Waals surface area contributed by atoms with Gasteiger partial charge in [-0.05, 0) is 6.42 Å². The minimum Gasteiger partial charge on any atom is -0.463 e. The quantitative estimate of drug-likeness (QED) is 0.354. The largest absolute Gasteiger partial charge is 0.463 e. The number of carbonyl (C=O) groups is 3. The van der Waals surface area contributed by atoms with E-state index in [-0.39, 0.29) is 13.2 Å². The summed E-state index contributed by atoms with van der Waals surface area (Å²) in [5, 5.41) is 22.2. The van der Waals surface area contributed by atoms with E-state index in [1.165, 1.54) is 0 Å². The zero-order chi connectivity index (χ0) is 20.8. The van der Waals surface area contributed by atoms with Gasteiger partial charge in [-0.25, -0.2) is 9.18 Å². The Morgan fingerprint density at radius 2 is 1.96 bits per heavy atom. The first-order valence-corrected chi connectivity index (χ1v) is 9.31. The number of hydrogen-bond donors (Lipinski definition) is 3. The van der Waals surface area contributed by atoms with Crippen molar-refractivity contribution in [3.8, 4) is 0 Å². The number of hydrogen-bond acceptors (Lipinski definition) is 8. The van der Waals surface area contributed by atoms with Gasteiger partial charge in [0.15, 0.2) is 12.5 Å². The molecule has 2 heterocycles. The molecular weight excluding hydrogens is 379 g/mol. The molecule has 2 fully saturated rings. The van der Waals surface area contributed by atoms with Crippen molar-refractivity contribution >= 4 is 17.9 Å². The number of aliphatic hydroxyl groups excluding tert-OH is 2. The van der Waals surface area contributed by atoms with Gasteiger partial charge in [-0.1, -0.05) is 26.2 Å². The molecule has 160 valence electrons. The van der Waals surface area contributed by atoms with Crippen LogP contribution in [0.4, 0.5) is 9.18 Å². The average molecular weight is 406 g/mol. The molecule has 2 rings (SSSR count). The molecule has 2 aliphatic rings. The fourth-order valence-corrected chi connectivity index (χ4v) is 3.08. The number of amides is 3. The van der Waals surface area contributed by atoms with Crippen molar-refractivity contribution < 1.29 is 43.2 Å². The van der Waals surface area contributed by atoms with E-state index in [1.807, 2.05) is 12.2 Å². The molecule has 0 aromatic carbocycles. The van der Waals surface area contributed by atoms with Crippen LogP contribution in [-0.4, -0.2) is 83.2 Å². The number of imide groups is 1. The number of ether oxygens (including phenoxy) is 3. The van der Waals surface area contributed by atoms with Crippen LogP contribution in [0.15, 0.2) is 0 Å². The first-order chi connectivity index (χ1) is 13.3.